The van der Waals surface area contributed by atoms with Crippen LogP contribution in [-0.2, 0) is 10.9 Å². The summed E-state index contributed by atoms with van der Waals surface area (Å²) >= 11 is 0. The molecule has 2 rings (SSSR count). The molecule has 0 amide bonds. The first-order valence-electron chi connectivity index (χ1n) is 6.86. The second-order valence-electron chi connectivity index (χ2n) is 5.18. The average Bonchev–Trinajstić information content (AvgIpc) is 2.47. The topological polar surface area (TPSA) is 45.0 Å². The summed E-state index contributed by atoms with van der Waals surface area (Å²) in [6.07, 6.45) is -0.507. The zero-order valence-corrected chi connectivity index (χ0v) is 11.7. The van der Waals surface area contributed by atoms with Gasteiger partial charge in [-0.3, -0.25) is 0 Å². The molecule has 1 aromatic rings. The number of rotatable bonds is 3. The van der Waals surface area contributed by atoms with E-state index in [0.29, 0.717) is 5.69 Å². The summed E-state index contributed by atoms with van der Waals surface area (Å²) in [7, 11) is 1.63. The molecule has 1 aliphatic rings. The van der Waals surface area contributed by atoms with Crippen LogP contribution in [0.25, 0.3) is 0 Å². The van der Waals surface area contributed by atoms with Gasteiger partial charge in [0.05, 0.1) is 29.0 Å². The van der Waals surface area contributed by atoms with Crippen molar-refractivity contribution < 1.29 is 17.9 Å². The molecule has 2 atom stereocenters. The summed E-state index contributed by atoms with van der Waals surface area (Å²) in [6.45, 7) is 0. The predicted octanol–water partition coefficient (Wildman–Crippen LogP) is 3.95. The van der Waals surface area contributed by atoms with Crippen LogP contribution in [-0.4, -0.2) is 19.3 Å². The van der Waals surface area contributed by atoms with Crippen LogP contribution >= 0.6 is 0 Å². The van der Waals surface area contributed by atoms with Gasteiger partial charge in [-0.1, -0.05) is 12.8 Å². The van der Waals surface area contributed by atoms with E-state index in [2.05, 4.69) is 5.32 Å². The Hall–Kier alpha value is -1.74. The maximum atomic E-state index is 12.7. The number of ether oxygens (including phenoxy) is 1. The lowest BCUT2D eigenvalue weighted by Gasteiger charge is -2.32. The van der Waals surface area contributed by atoms with E-state index in [0.717, 1.165) is 37.8 Å². The van der Waals surface area contributed by atoms with E-state index in [-0.39, 0.29) is 17.7 Å². The van der Waals surface area contributed by atoms with Gasteiger partial charge >= 0.3 is 6.18 Å². The number of benzene rings is 1. The first-order valence-corrected chi connectivity index (χ1v) is 6.86. The molecule has 1 saturated carbocycles. The maximum Gasteiger partial charge on any atom is 0.416 e. The number of nitrogens with one attached hydrogen (secondary N) is 1. The summed E-state index contributed by atoms with van der Waals surface area (Å²) < 4.78 is 43.4. The van der Waals surface area contributed by atoms with Gasteiger partial charge in [0.15, 0.2) is 0 Å². The Kier molecular flexibility index (Phi) is 4.73. The van der Waals surface area contributed by atoms with Gasteiger partial charge in [-0.15, -0.1) is 0 Å². The third-order valence-corrected chi connectivity index (χ3v) is 3.81. The zero-order valence-electron chi connectivity index (χ0n) is 11.7. The van der Waals surface area contributed by atoms with Crippen molar-refractivity contribution in [2.45, 2.75) is 44.0 Å². The van der Waals surface area contributed by atoms with E-state index < -0.39 is 11.7 Å². The van der Waals surface area contributed by atoms with Crippen molar-refractivity contribution in [3.05, 3.63) is 29.3 Å². The third-order valence-electron chi connectivity index (χ3n) is 3.81. The second kappa shape index (κ2) is 6.35. The van der Waals surface area contributed by atoms with E-state index in [1.807, 2.05) is 6.07 Å². The van der Waals surface area contributed by atoms with Crippen LogP contribution in [0.1, 0.15) is 36.8 Å². The SMILES string of the molecule is COC1CCCCC1Nc1ccc(C(F)(F)F)cc1C#N. The number of hydrogen-bond acceptors (Lipinski definition) is 3. The molecule has 0 spiro atoms. The van der Waals surface area contributed by atoms with Crippen LogP contribution < -0.4 is 5.32 Å². The molecule has 1 fully saturated rings. The van der Waals surface area contributed by atoms with Gasteiger partial charge < -0.3 is 10.1 Å². The minimum Gasteiger partial charge on any atom is -0.379 e. The summed E-state index contributed by atoms with van der Waals surface area (Å²) in [5, 5.41) is 12.2. The normalized spacial score (nSPS) is 22.6. The Morgan fingerprint density at radius 2 is 2.00 bits per heavy atom. The van der Waals surface area contributed by atoms with Gasteiger partial charge in [-0.25, -0.2) is 0 Å². The number of methoxy groups -OCH3 is 1. The van der Waals surface area contributed by atoms with Crippen molar-refractivity contribution in [3.63, 3.8) is 0 Å². The van der Waals surface area contributed by atoms with Crippen LogP contribution in [0, 0.1) is 11.3 Å². The smallest absolute Gasteiger partial charge is 0.379 e. The van der Waals surface area contributed by atoms with Crippen molar-refractivity contribution in [2.24, 2.45) is 0 Å². The van der Waals surface area contributed by atoms with Crippen molar-refractivity contribution in [1.29, 1.82) is 5.26 Å². The van der Waals surface area contributed by atoms with Crippen molar-refractivity contribution in [2.75, 3.05) is 12.4 Å². The Bertz CT molecular complexity index is 537. The van der Waals surface area contributed by atoms with Crippen LogP contribution in [0.3, 0.4) is 0 Å². The van der Waals surface area contributed by atoms with Crippen LogP contribution in [0.5, 0.6) is 0 Å². The summed E-state index contributed by atoms with van der Waals surface area (Å²) in [4.78, 5) is 0. The molecular weight excluding hydrogens is 281 g/mol. The Balaban J connectivity index is 2.22. The largest absolute Gasteiger partial charge is 0.416 e. The fraction of sp³-hybridized carbons (Fsp3) is 0.533. The minimum absolute atomic E-state index is 0.00486. The molecule has 0 heterocycles. The minimum atomic E-state index is -4.44. The van der Waals surface area contributed by atoms with Crippen LogP contribution in [0.15, 0.2) is 18.2 Å². The lowest BCUT2D eigenvalue weighted by atomic mass is 9.92. The van der Waals surface area contributed by atoms with Crippen LogP contribution in [0.2, 0.25) is 0 Å². The quantitative estimate of drug-likeness (QED) is 0.919. The molecule has 0 bridgehead atoms. The van der Waals surface area contributed by atoms with Gasteiger partial charge in [0.1, 0.15) is 6.07 Å². The van der Waals surface area contributed by atoms with Gasteiger partial charge in [0, 0.05) is 7.11 Å². The Morgan fingerprint density at radius 3 is 2.62 bits per heavy atom. The Morgan fingerprint density at radius 1 is 1.29 bits per heavy atom. The third kappa shape index (κ3) is 3.67. The van der Waals surface area contributed by atoms with Crippen LogP contribution in [0.4, 0.5) is 18.9 Å². The van der Waals surface area contributed by atoms with Gasteiger partial charge in [-0.05, 0) is 31.0 Å². The first-order chi connectivity index (χ1) is 9.95. The Labute approximate surface area is 121 Å². The predicted molar refractivity (Wildman–Crippen MR) is 72.8 cm³/mol. The van der Waals surface area contributed by atoms with E-state index in [4.69, 9.17) is 10.00 Å². The molecule has 114 valence electrons. The van der Waals surface area contributed by atoms with Crippen molar-refractivity contribution in [1.82, 2.24) is 0 Å². The lowest BCUT2D eigenvalue weighted by Crippen LogP contribution is -2.38. The molecule has 6 heteroatoms. The second-order valence-corrected chi connectivity index (χ2v) is 5.18. The molecule has 1 aromatic carbocycles. The highest BCUT2D eigenvalue weighted by molar-refractivity contribution is 5.59. The number of halogens is 3. The van der Waals surface area contributed by atoms with Crippen molar-refractivity contribution >= 4 is 5.69 Å². The fourth-order valence-corrected chi connectivity index (χ4v) is 2.68. The molecule has 0 aromatic heterocycles. The molecule has 21 heavy (non-hydrogen) atoms. The van der Waals surface area contributed by atoms with E-state index >= 15 is 0 Å². The fourth-order valence-electron chi connectivity index (χ4n) is 2.68. The highest BCUT2D eigenvalue weighted by Crippen LogP contribution is 2.32. The molecule has 0 aliphatic heterocycles. The van der Waals surface area contributed by atoms with E-state index in [1.54, 1.807) is 7.11 Å². The molecule has 0 radical (unpaired) electrons. The molecule has 2 unspecified atom stereocenters. The summed E-state index contributed by atoms with van der Waals surface area (Å²) in [5.74, 6) is 0. The number of nitrogens with zero attached hydrogens (tertiary/aromatic N) is 1. The molecule has 3 nitrogen and oxygen atoms in total. The monoisotopic (exact) mass is 298 g/mol. The van der Waals surface area contributed by atoms with Gasteiger partial charge in [0.2, 0.25) is 0 Å². The zero-order chi connectivity index (χ0) is 15.5. The highest BCUT2D eigenvalue weighted by atomic mass is 19.4. The molecule has 1 aliphatic carbocycles. The standard InChI is InChI=1S/C15H17F3N2O/c1-21-14-5-3-2-4-13(14)20-12-7-6-11(15(16,17)18)8-10(12)9-19/h6-8,13-14,20H,2-5H2,1H3. The highest BCUT2D eigenvalue weighted by Gasteiger charge is 2.31. The number of anilines is 1. The number of alkyl halides is 3. The van der Waals surface area contributed by atoms with Gasteiger partial charge in [-0.2, -0.15) is 18.4 Å². The molecule has 0 saturated heterocycles. The van der Waals surface area contributed by atoms with E-state index in [1.165, 1.54) is 6.07 Å². The lowest BCUT2D eigenvalue weighted by molar-refractivity contribution is -0.137. The van der Waals surface area contributed by atoms with Gasteiger partial charge in [0.25, 0.3) is 0 Å². The molecular formula is C15H17F3N2O. The van der Waals surface area contributed by atoms with E-state index in [9.17, 15) is 13.2 Å². The number of hydrogen-bond donors (Lipinski definition) is 1. The first kappa shape index (κ1) is 15.6. The maximum absolute atomic E-state index is 12.7. The number of nitriles is 1. The summed E-state index contributed by atoms with van der Waals surface area (Å²) in [6, 6.07) is 5.05. The summed E-state index contributed by atoms with van der Waals surface area (Å²) in [5.41, 5.74) is -0.374. The molecule has 1 N–H and O–H groups in total. The average molecular weight is 298 g/mol. The van der Waals surface area contributed by atoms with Crippen molar-refractivity contribution in [3.8, 4) is 6.07 Å².